The van der Waals surface area contributed by atoms with Crippen LogP contribution < -0.4 is 10.6 Å². The van der Waals surface area contributed by atoms with Crippen LogP contribution in [0.1, 0.15) is 32.3 Å². The van der Waals surface area contributed by atoms with Crippen LogP contribution in [0.4, 0.5) is 10.5 Å². The lowest BCUT2D eigenvalue weighted by molar-refractivity contribution is -0.384. The summed E-state index contributed by atoms with van der Waals surface area (Å²) in [6.45, 7) is 6.64. The Bertz CT molecular complexity index is 660. The van der Waals surface area contributed by atoms with E-state index in [1.165, 1.54) is 12.1 Å². The summed E-state index contributed by atoms with van der Waals surface area (Å²) in [7, 11) is 0. The lowest BCUT2D eigenvalue weighted by atomic mass is 10.1. The molecule has 0 spiro atoms. The second-order valence-corrected chi connectivity index (χ2v) is 6.22. The highest BCUT2D eigenvalue weighted by Gasteiger charge is 2.24. The van der Waals surface area contributed by atoms with Crippen molar-refractivity contribution in [3.63, 3.8) is 0 Å². The maximum atomic E-state index is 11.8. The van der Waals surface area contributed by atoms with E-state index in [4.69, 9.17) is 4.74 Å². The minimum Gasteiger partial charge on any atom is -0.450 e. The maximum Gasteiger partial charge on any atom is 0.409 e. The SMILES string of the molecule is CCNC(=NCc1ccc([N+](=O)[O-])cc1)NC1CCN(C(=O)OCC)CC1.I. The molecule has 0 radical (unpaired) electrons. The number of guanidine groups is 1. The summed E-state index contributed by atoms with van der Waals surface area (Å²) in [5, 5.41) is 17.3. The molecule has 0 bridgehead atoms. The van der Waals surface area contributed by atoms with Gasteiger partial charge in [-0.3, -0.25) is 10.1 Å². The summed E-state index contributed by atoms with van der Waals surface area (Å²) < 4.78 is 5.04. The van der Waals surface area contributed by atoms with E-state index in [2.05, 4.69) is 15.6 Å². The Morgan fingerprint density at radius 1 is 1.29 bits per heavy atom. The van der Waals surface area contributed by atoms with Crippen molar-refractivity contribution >= 4 is 41.7 Å². The zero-order valence-corrected chi connectivity index (χ0v) is 18.5. The minimum absolute atomic E-state index is 0. The quantitative estimate of drug-likeness (QED) is 0.202. The number of non-ortho nitro benzene ring substituents is 1. The van der Waals surface area contributed by atoms with Gasteiger partial charge in [0.15, 0.2) is 5.96 Å². The molecule has 0 unspecified atom stereocenters. The molecule has 28 heavy (non-hydrogen) atoms. The van der Waals surface area contributed by atoms with Gasteiger partial charge in [-0.1, -0.05) is 12.1 Å². The number of nitro benzene ring substituents is 1. The zero-order chi connectivity index (χ0) is 19.6. The van der Waals surface area contributed by atoms with Crippen molar-refractivity contribution in [2.45, 2.75) is 39.3 Å². The van der Waals surface area contributed by atoms with Crippen molar-refractivity contribution in [1.82, 2.24) is 15.5 Å². The molecule has 0 saturated carbocycles. The van der Waals surface area contributed by atoms with Crippen LogP contribution in [0, 0.1) is 10.1 Å². The third-order valence-electron chi connectivity index (χ3n) is 4.27. The molecule has 0 aromatic heterocycles. The highest BCUT2D eigenvalue weighted by atomic mass is 127. The van der Waals surface area contributed by atoms with Crippen molar-refractivity contribution in [2.75, 3.05) is 26.2 Å². The Morgan fingerprint density at radius 3 is 2.46 bits per heavy atom. The molecular formula is C18H28IN5O4. The first-order valence-electron chi connectivity index (χ1n) is 9.23. The highest BCUT2D eigenvalue weighted by molar-refractivity contribution is 14.0. The number of hydrogen-bond acceptors (Lipinski definition) is 5. The molecule has 1 aliphatic rings. The fraction of sp³-hybridized carbons (Fsp3) is 0.556. The van der Waals surface area contributed by atoms with Crippen LogP contribution in [0.2, 0.25) is 0 Å². The number of piperidine rings is 1. The second-order valence-electron chi connectivity index (χ2n) is 6.22. The van der Waals surface area contributed by atoms with Gasteiger partial charge < -0.3 is 20.3 Å². The van der Waals surface area contributed by atoms with Crippen LogP contribution in [0.3, 0.4) is 0 Å². The number of rotatable bonds is 6. The Kier molecular flexibility index (Phi) is 10.6. The van der Waals surface area contributed by atoms with Crippen LogP contribution in [0.25, 0.3) is 0 Å². The lowest BCUT2D eigenvalue weighted by Gasteiger charge is -2.32. The number of benzene rings is 1. The van der Waals surface area contributed by atoms with E-state index in [9.17, 15) is 14.9 Å². The molecule has 1 heterocycles. The average Bonchev–Trinajstić information content (AvgIpc) is 2.67. The zero-order valence-electron chi connectivity index (χ0n) is 16.2. The molecule has 2 N–H and O–H groups in total. The Labute approximate surface area is 182 Å². The fourth-order valence-electron chi connectivity index (χ4n) is 2.83. The van der Waals surface area contributed by atoms with Crippen molar-refractivity contribution in [2.24, 2.45) is 4.99 Å². The van der Waals surface area contributed by atoms with Gasteiger partial charge in [0.25, 0.3) is 5.69 Å². The maximum absolute atomic E-state index is 11.8. The number of amides is 1. The van der Waals surface area contributed by atoms with Gasteiger partial charge in [0, 0.05) is 37.8 Å². The van der Waals surface area contributed by atoms with Crippen molar-refractivity contribution < 1.29 is 14.5 Å². The third-order valence-corrected chi connectivity index (χ3v) is 4.27. The molecule has 156 valence electrons. The highest BCUT2D eigenvalue weighted by Crippen LogP contribution is 2.13. The largest absolute Gasteiger partial charge is 0.450 e. The number of hydrogen-bond donors (Lipinski definition) is 2. The standard InChI is InChI=1S/C18H27N5O4.HI/c1-3-19-17(20-13-14-5-7-16(8-6-14)23(25)26)21-15-9-11-22(12-10-15)18(24)27-4-2;/h5-8,15H,3-4,9-13H2,1-2H3,(H2,19,20,21);1H. The summed E-state index contributed by atoms with van der Waals surface area (Å²) in [5.74, 6) is 0.699. The fourth-order valence-corrected chi connectivity index (χ4v) is 2.83. The lowest BCUT2D eigenvalue weighted by Crippen LogP contribution is -2.49. The van der Waals surface area contributed by atoms with E-state index in [1.54, 1.807) is 24.0 Å². The summed E-state index contributed by atoms with van der Waals surface area (Å²) in [6, 6.07) is 6.61. The Balaban J connectivity index is 0.00000392. The van der Waals surface area contributed by atoms with Gasteiger partial charge in [0.1, 0.15) is 0 Å². The van der Waals surface area contributed by atoms with Gasteiger partial charge in [-0.2, -0.15) is 0 Å². The third kappa shape index (κ3) is 7.49. The predicted octanol–water partition coefficient (Wildman–Crippen LogP) is 2.89. The molecule has 0 aliphatic carbocycles. The number of nitro groups is 1. The van der Waals surface area contributed by atoms with Gasteiger partial charge >= 0.3 is 6.09 Å². The normalized spacial score (nSPS) is 14.8. The van der Waals surface area contributed by atoms with E-state index >= 15 is 0 Å². The van der Waals surface area contributed by atoms with Gasteiger partial charge in [-0.05, 0) is 32.3 Å². The summed E-state index contributed by atoms with van der Waals surface area (Å²) in [5.41, 5.74) is 0.969. The number of nitrogens with zero attached hydrogens (tertiary/aromatic N) is 3. The second kappa shape index (κ2) is 12.4. The molecule has 1 fully saturated rings. The van der Waals surface area contributed by atoms with E-state index in [0.29, 0.717) is 32.2 Å². The summed E-state index contributed by atoms with van der Waals surface area (Å²) >= 11 is 0. The van der Waals surface area contributed by atoms with Crippen molar-refractivity contribution in [3.05, 3.63) is 39.9 Å². The van der Waals surface area contributed by atoms with Crippen LogP contribution in [0.15, 0.2) is 29.3 Å². The molecule has 2 rings (SSSR count). The van der Waals surface area contributed by atoms with Crippen LogP contribution in [-0.4, -0.2) is 54.2 Å². The molecule has 1 amide bonds. The number of nitrogens with one attached hydrogen (secondary N) is 2. The molecule has 9 nitrogen and oxygen atoms in total. The van der Waals surface area contributed by atoms with Gasteiger partial charge in [-0.15, -0.1) is 24.0 Å². The molecule has 10 heteroatoms. The smallest absolute Gasteiger partial charge is 0.409 e. The van der Waals surface area contributed by atoms with E-state index in [0.717, 1.165) is 24.9 Å². The first-order chi connectivity index (χ1) is 13.0. The van der Waals surface area contributed by atoms with Crippen molar-refractivity contribution in [3.8, 4) is 0 Å². The molecule has 1 saturated heterocycles. The average molecular weight is 505 g/mol. The molecule has 1 aromatic rings. The van der Waals surface area contributed by atoms with E-state index in [-0.39, 0.29) is 41.8 Å². The van der Waals surface area contributed by atoms with Crippen LogP contribution in [-0.2, 0) is 11.3 Å². The Hall–Kier alpha value is -2.11. The first kappa shape index (κ1) is 23.9. The molecule has 1 aliphatic heterocycles. The number of ether oxygens (including phenoxy) is 1. The van der Waals surface area contributed by atoms with Crippen LogP contribution in [0.5, 0.6) is 0 Å². The number of halogens is 1. The molecular weight excluding hydrogens is 477 g/mol. The van der Waals surface area contributed by atoms with Crippen LogP contribution >= 0.6 is 24.0 Å². The summed E-state index contributed by atoms with van der Waals surface area (Å²) in [6.07, 6.45) is 1.39. The van der Waals surface area contributed by atoms with Crippen molar-refractivity contribution in [1.29, 1.82) is 0 Å². The molecule has 1 aromatic carbocycles. The monoisotopic (exact) mass is 505 g/mol. The molecule has 0 atom stereocenters. The van der Waals surface area contributed by atoms with Gasteiger partial charge in [0.2, 0.25) is 0 Å². The van der Waals surface area contributed by atoms with Gasteiger partial charge in [-0.25, -0.2) is 9.79 Å². The predicted molar refractivity (Wildman–Crippen MR) is 118 cm³/mol. The Morgan fingerprint density at radius 2 is 1.93 bits per heavy atom. The minimum atomic E-state index is -0.415. The number of aliphatic imine (C=N–C) groups is 1. The number of likely N-dealkylation sites (tertiary alicyclic amines) is 1. The van der Waals surface area contributed by atoms with Gasteiger partial charge in [0.05, 0.1) is 18.1 Å². The summed E-state index contributed by atoms with van der Waals surface area (Å²) in [4.78, 5) is 28.3. The van der Waals surface area contributed by atoms with E-state index < -0.39 is 4.92 Å². The topological polar surface area (TPSA) is 109 Å². The number of carbonyl (C=O) groups is 1. The number of carbonyl (C=O) groups excluding carboxylic acids is 1. The van der Waals surface area contributed by atoms with E-state index in [1.807, 2.05) is 6.92 Å². The first-order valence-corrected chi connectivity index (χ1v) is 9.23.